The fourth-order valence-electron chi connectivity index (χ4n) is 3.04. The van der Waals surface area contributed by atoms with Gasteiger partial charge in [-0.25, -0.2) is 0 Å². The lowest BCUT2D eigenvalue weighted by atomic mass is 10.1. The van der Waals surface area contributed by atoms with Gasteiger partial charge in [-0.05, 0) is 37.5 Å². The van der Waals surface area contributed by atoms with Crippen LogP contribution in [0.2, 0.25) is 0 Å². The first-order valence-corrected chi connectivity index (χ1v) is 10.6. The highest BCUT2D eigenvalue weighted by Crippen LogP contribution is 2.27. The van der Waals surface area contributed by atoms with Crippen molar-refractivity contribution in [1.29, 1.82) is 0 Å². The van der Waals surface area contributed by atoms with Crippen LogP contribution in [0.3, 0.4) is 0 Å². The van der Waals surface area contributed by atoms with Crippen molar-refractivity contribution in [1.82, 2.24) is 20.1 Å². The molecule has 0 saturated heterocycles. The number of amides is 1. The van der Waals surface area contributed by atoms with E-state index in [-0.39, 0.29) is 17.7 Å². The maximum atomic E-state index is 12.5. The number of nitrogens with zero attached hydrogens (tertiary/aromatic N) is 3. The topological polar surface area (TPSA) is 73.0 Å². The van der Waals surface area contributed by atoms with Crippen LogP contribution in [-0.4, -0.2) is 26.4 Å². The minimum atomic E-state index is -0.0517. The highest BCUT2D eigenvalue weighted by Gasteiger charge is 2.18. The first-order chi connectivity index (χ1) is 14.0. The Morgan fingerprint density at radius 3 is 2.69 bits per heavy atom. The van der Waals surface area contributed by atoms with Crippen LogP contribution in [0, 0.1) is 6.92 Å². The quantitative estimate of drug-likeness (QED) is 0.413. The van der Waals surface area contributed by atoms with Crippen molar-refractivity contribution in [2.24, 2.45) is 0 Å². The molecular weight excluding hydrogens is 384 g/mol. The molecule has 29 heavy (non-hydrogen) atoms. The SMILES string of the molecule is C=CCn1c(SCC(=O)NC(C)c2ccc(CC)cc2)nnc1-c1ccoc1C. The molecule has 0 spiro atoms. The molecule has 3 rings (SSSR count). The summed E-state index contributed by atoms with van der Waals surface area (Å²) in [4.78, 5) is 12.5. The molecule has 1 unspecified atom stereocenters. The van der Waals surface area contributed by atoms with Crippen molar-refractivity contribution in [3.05, 3.63) is 66.1 Å². The van der Waals surface area contributed by atoms with E-state index in [0.717, 1.165) is 23.3 Å². The Morgan fingerprint density at radius 1 is 1.31 bits per heavy atom. The number of carbonyl (C=O) groups excluding carboxylic acids is 1. The van der Waals surface area contributed by atoms with Gasteiger partial charge in [0.2, 0.25) is 5.91 Å². The summed E-state index contributed by atoms with van der Waals surface area (Å²) in [5, 5.41) is 12.3. The van der Waals surface area contributed by atoms with Crippen LogP contribution in [0.15, 0.2) is 58.8 Å². The average Bonchev–Trinajstić information content (AvgIpc) is 3.32. The van der Waals surface area contributed by atoms with Gasteiger partial charge >= 0.3 is 0 Å². The van der Waals surface area contributed by atoms with Gasteiger partial charge in [-0.2, -0.15) is 0 Å². The molecule has 152 valence electrons. The van der Waals surface area contributed by atoms with E-state index in [0.29, 0.717) is 17.5 Å². The van der Waals surface area contributed by atoms with E-state index in [2.05, 4.69) is 53.3 Å². The molecular formula is C22H26N4O2S. The number of furan rings is 1. The second kappa shape index (κ2) is 9.60. The molecule has 0 aliphatic heterocycles. The maximum absolute atomic E-state index is 12.5. The largest absolute Gasteiger partial charge is 0.469 e. The summed E-state index contributed by atoms with van der Waals surface area (Å²) in [6.45, 7) is 10.4. The zero-order valence-electron chi connectivity index (χ0n) is 17.0. The molecule has 0 aliphatic carbocycles. The van der Waals surface area contributed by atoms with Gasteiger partial charge in [0.15, 0.2) is 11.0 Å². The predicted molar refractivity (Wildman–Crippen MR) is 116 cm³/mol. The van der Waals surface area contributed by atoms with Crippen LogP contribution in [-0.2, 0) is 17.8 Å². The molecule has 0 fully saturated rings. The summed E-state index contributed by atoms with van der Waals surface area (Å²) in [5.74, 6) is 1.71. The molecule has 0 bridgehead atoms. The van der Waals surface area contributed by atoms with Crippen LogP contribution in [0.4, 0.5) is 0 Å². The summed E-state index contributed by atoms with van der Waals surface area (Å²) in [5.41, 5.74) is 3.26. The normalized spacial score (nSPS) is 12.0. The number of rotatable bonds is 9. The Balaban J connectivity index is 1.64. The molecule has 3 aromatic rings. The summed E-state index contributed by atoms with van der Waals surface area (Å²) in [7, 11) is 0. The van der Waals surface area contributed by atoms with E-state index >= 15 is 0 Å². The summed E-state index contributed by atoms with van der Waals surface area (Å²) < 4.78 is 7.32. The fraction of sp³-hybridized carbons (Fsp3) is 0.318. The molecule has 2 aromatic heterocycles. The van der Waals surface area contributed by atoms with Crippen LogP contribution in [0.1, 0.15) is 36.8 Å². The monoisotopic (exact) mass is 410 g/mol. The lowest BCUT2D eigenvalue weighted by Crippen LogP contribution is -2.28. The number of hydrogen-bond donors (Lipinski definition) is 1. The molecule has 0 radical (unpaired) electrons. The lowest BCUT2D eigenvalue weighted by Gasteiger charge is -2.15. The lowest BCUT2D eigenvalue weighted by molar-refractivity contribution is -0.119. The Bertz CT molecular complexity index is 975. The zero-order valence-corrected chi connectivity index (χ0v) is 17.8. The van der Waals surface area contributed by atoms with Gasteiger partial charge in [0.25, 0.3) is 0 Å². The summed E-state index contributed by atoms with van der Waals surface area (Å²) in [6.07, 6.45) is 4.42. The smallest absolute Gasteiger partial charge is 0.230 e. The highest BCUT2D eigenvalue weighted by atomic mass is 32.2. The molecule has 1 N–H and O–H groups in total. The number of allylic oxidation sites excluding steroid dienone is 1. The molecule has 2 heterocycles. The molecule has 6 nitrogen and oxygen atoms in total. The second-order valence-corrected chi connectivity index (χ2v) is 7.71. The maximum Gasteiger partial charge on any atom is 0.230 e. The van der Waals surface area contributed by atoms with Crippen molar-refractivity contribution in [2.75, 3.05) is 5.75 Å². The van der Waals surface area contributed by atoms with Crippen LogP contribution < -0.4 is 5.32 Å². The Morgan fingerprint density at radius 2 is 2.07 bits per heavy atom. The first-order valence-electron chi connectivity index (χ1n) is 9.63. The van der Waals surface area contributed by atoms with Gasteiger partial charge in [0, 0.05) is 6.54 Å². The number of aryl methyl sites for hydroxylation is 2. The van der Waals surface area contributed by atoms with E-state index in [1.165, 1.54) is 17.3 Å². The van der Waals surface area contributed by atoms with Crippen LogP contribution >= 0.6 is 11.8 Å². The van der Waals surface area contributed by atoms with Crippen LogP contribution in [0.25, 0.3) is 11.4 Å². The van der Waals surface area contributed by atoms with Crippen molar-refractivity contribution >= 4 is 17.7 Å². The van der Waals surface area contributed by atoms with Gasteiger partial charge in [0.1, 0.15) is 5.76 Å². The zero-order chi connectivity index (χ0) is 20.8. The van der Waals surface area contributed by atoms with E-state index in [1.54, 1.807) is 12.3 Å². The van der Waals surface area contributed by atoms with E-state index in [1.807, 2.05) is 24.5 Å². The molecule has 1 atom stereocenters. The van der Waals surface area contributed by atoms with Gasteiger partial charge in [-0.3, -0.25) is 9.36 Å². The molecule has 7 heteroatoms. The highest BCUT2D eigenvalue weighted by molar-refractivity contribution is 7.99. The van der Waals surface area contributed by atoms with E-state index in [9.17, 15) is 4.79 Å². The standard InChI is InChI=1S/C22H26N4O2S/c1-5-12-26-21(19-11-13-28-16(19)4)24-25-22(26)29-14-20(27)23-15(3)18-9-7-17(6-2)8-10-18/h5,7-11,13,15H,1,6,12,14H2,2-4H3,(H,23,27). The third-order valence-corrected chi connectivity index (χ3v) is 5.69. The van der Waals surface area contributed by atoms with Crippen molar-refractivity contribution in [3.8, 4) is 11.4 Å². The van der Waals surface area contributed by atoms with Crippen molar-refractivity contribution < 1.29 is 9.21 Å². The number of aromatic nitrogens is 3. The van der Waals surface area contributed by atoms with Crippen molar-refractivity contribution in [2.45, 2.75) is 44.9 Å². The Kier molecular flexibility index (Phi) is 6.93. The molecule has 0 saturated carbocycles. The van der Waals surface area contributed by atoms with Crippen LogP contribution in [0.5, 0.6) is 0 Å². The average molecular weight is 411 g/mol. The fourth-order valence-corrected chi connectivity index (χ4v) is 3.80. The van der Waals surface area contributed by atoms with Gasteiger partial charge < -0.3 is 9.73 Å². The number of nitrogens with one attached hydrogen (secondary N) is 1. The summed E-state index contributed by atoms with van der Waals surface area (Å²) >= 11 is 1.36. The number of carbonyl (C=O) groups is 1. The number of benzene rings is 1. The van der Waals surface area contributed by atoms with Gasteiger partial charge in [-0.1, -0.05) is 49.0 Å². The predicted octanol–water partition coefficient (Wildman–Crippen LogP) is 4.56. The number of thioether (sulfide) groups is 1. The summed E-state index contributed by atoms with van der Waals surface area (Å²) in [6, 6.07) is 10.2. The third kappa shape index (κ3) is 4.98. The molecule has 1 amide bonds. The molecule has 0 aliphatic rings. The van der Waals surface area contributed by atoms with Gasteiger partial charge in [-0.15, -0.1) is 16.8 Å². The minimum absolute atomic E-state index is 0.0451. The van der Waals surface area contributed by atoms with Gasteiger partial charge in [0.05, 0.1) is 23.6 Å². The Hall–Kier alpha value is -2.80. The third-order valence-electron chi connectivity index (χ3n) is 4.73. The minimum Gasteiger partial charge on any atom is -0.469 e. The van der Waals surface area contributed by atoms with Crippen molar-refractivity contribution in [3.63, 3.8) is 0 Å². The molecule has 1 aromatic carbocycles. The first kappa shape index (κ1) is 20.9. The second-order valence-electron chi connectivity index (χ2n) is 6.77. The number of hydrogen-bond acceptors (Lipinski definition) is 5. The Labute approximate surface area is 175 Å². The van der Waals surface area contributed by atoms with E-state index in [4.69, 9.17) is 4.42 Å². The van der Waals surface area contributed by atoms with E-state index < -0.39 is 0 Å².